The molecule has 0 spiro atoms. The van der Waals surface area contributed by atoms with Gasteiger partial charge in [0.25, 0.3) is 5.91 Å². The first-order valence-corrected chi connectivity index (χ1v) is 8.14. The Balaban J connectivity index is 1.81. The van der Waals surface area contributed by atoms with E-state index >= 15 is 0 Å². The number of nitrogens with one attached hydrogen (secondary N) is 1. The fourth-order valence-electron chi connectivity index (χ4n) is 2.84. The Hall–Kier alpha value is -1.46. The minimum absolute atomic E-state index is 0.0449. The molecule has 1 aromatic heterocycles. The van der Waals surface area contributed by atoms with E-state index in [9.17, 15) is 9.18 Å². The van der Waals surface area contributed by atoms with Gasteiger partial charge < -0.3 is 10.2 Å². The standard InChI is InChI=1S/C16H19FN2OS/c1-19(13-3-2-7-18-8-6-13)16(20)15-9-11-4-5-12(17)10-14(11)21-15/h4-5,9-10,13,18H,2-3,6-8H2,1H3. The maximum Gasteiger partial charge on any atom is 0.263 e. The van der Waals surface area contributed by atoms with Crippen LogP contribution in [0.15, 0.2) is 24.3 Å². The van der Waals surface area contributed by atoms with Crippen molar-refractivity contribution in [1.82, 2.24) is 10.2 Å². The molecule has 1 atom stereocenters. The SMILES string of the molecule is CN(C(=O)c1cc2ccc(F)cc2s1)C1CCCNCC1. The molecule has 2 aromatic rings. The van der Waals surface area contributed by atoms with Gasteiger partial charge in [0.1, 0.15) is 5.82 Å². The minimum atomic E-state index is -0.258. The molecule has 1 aliphatic rings. The van der Waals surface area contributed by atoms with Crippen LogP contribution < -0.4 is 5.32 Å². The fourth-order valence-corrected chi connectivity index (χ4v) is 3.91. The number of carbonyl (C=O) groups is 1. The van der Waals surface area contributed by atoms with Crippen LogP contribution in [0.25, 0.3) is 10.1 Å². The molecule has 0 radical (unpaired) electrons. The van der Waals surface area contributed by atoms with Gasteiger partial charge in [-0.05, 0) is 55.9 Å². The van der Waals surface area contributed by atoms with Crippen molar-refractivity contribution in [1.29, 1.82) is 0 Å². The molecule has 1 N–H and O–H groups in total. The lowest BCUT2D eigenvalue weighted by Gasteiger charge is -2.26. The van der Waals surface area contributed by atoms with Gasteiger partial charge in [0.05, 0.1) is 4.88 Å². The number of benzene rings is 1. The normalized spacial score (nSPS) is 19.4. The van der Waals surface area contributed by atoms with Gasteiger partial charge in [-0.25, -0.2) is 4.39 Å². The largest absolute Gasteiger partial charge is 0.338 e. The van der Waals surface area contributed by atoms with Crippen LogP contribution in [0.3, 0.4) is 0 Å². The summed E-state index contributed by atoms with van der Waals surface area (Å²) < 4.78 is 14.1. The highest BCUT2D eigenvalue weighted by atomic mass is 32.1. The number of thiophene rings is 1. The summed E-state index contributed by atoms with van der Waals surface area (Å²) >= 11 is 1.37. The van der Waals surface area contributed by atoms with Crippen LogP contribution >= 0.6 is 11.3 Å². The highest BCUT2D eigenvalue weighted by Gasteiger charge is 2.23. The van der Waals surface area contributed by atoms with E-state index in [1.54, 1.807) is 6.07 Å². The lowest BCUT2D eigenvalue weighted by atomic mass is 10.1. The van der Waals surface area contributed by atoms with E-state index in [1.165, 1.54) is 23.5 Å². The number of rotatable bonds is 2. The van der Waals surface area contributed by atoms with Crippen LogP contribution in [0.4, 0.5) is 4.39 Å². The zero-order valence-corrected chi connectivity index (χ0v) is 12.9. The third-order valence-corrected chi connectivity index (χ3v) is 5.19. The van der Waals surface area contributed by atoms with Gasteiger partial charge in [-0.15, -0.1) is 11.3 Å². The van der Waals surface area contributed by atoms with E-state index in [1.807, 2.05) is 18.0 Å². The molecule has 0 aliphatic carbocycles. The highest BCUT2D eigenvalue weighted by Crippen LogP contribution is 2.28. The molecule has 1 aliphatic heterocycles. The zero-order chi connectivity index (χ0) is 14.8. The predicted octanol–water partition coefficient (Wildman–Crippen LogP) is 3.25. The van der Waals surface area contributed by atoms with E-state index in [0.29, 0.717) is 4.88 Å². The van der Waals surface area contributed by atoms with Crippen molar-refractivity contribution in [3.8, 4) is 0 Å². The molecule has 1 unspecified atom stereocenters. The predicted molar refractivity (Wildman–Crippen MR) is 84.4 cm³/mol. The first kappa shape index (κ1) is 14.5. The molecular weight excluding hydrogens is 287 g/mol. The van der Waals surface area contributed by atoms with Crippen LogP contribution in [0.5, 0.6) is 0 Å². The molecular formula is C16H19FN2OS. The average Bonchev–Trinajstić information content (AvgIpc) is 2.71. The summed E-state index contributed by atoms with van der Waals surface area (Å²) in [6.07, 6.45) is 3.12. The number of nitrogens with zero attached hydrogens (tertiary/aromatic N) is 1. The summed E-state index contributed by atoms with van der Waals surface area (Å²) in [6, 6.07) is 6.81. The molecule has 21 heavy (non-hydrogen) atoms. The van der Waals surface area contributed by atoms with Gasteiger partial charge >= 0.3 is 0 Å². The number of hydrogen-bond donors (Lipinski definition) is 1. The summed E-state index contributed by atoms with van der Waals surface area (Å²) in [5, 5.41) is 4.29. The number of carbonyl (C=O) groups excluding carboxylic acids is 1. The first-order chi connectivity index (χ1) is 10.1. The maximum absolute atomic E-state index is 13.2. The van der Waals surface area contributed by atoms with Gasteiger partial charge in [0.2, 0.25) is 0 Å². The van der Waals surface area contributed by atoms with Crippen molar-refractivity contribution in [3.63, 3.8) is 0 Å². The second kappa shape index (κ2) is 6.12. The Kier molecular flexibility index (Phi) is 4.22. The van der Waals surface area contributed by atoms with E-state index in [4.69, 9.17) is 0 Å². The summed E-state index contributed by atoms with van der Waals surface area (Å²) in [4.78, 5) is 15.2. The summed E-state index contributed by atoms with van der Waals surface area (Å²) in [7, 11) is 1.88. The van der Waals surface area contributed by atoms with Crippen molar-refractivity contribution in [2.24, 2.45) is 0 Å². The average molecular weight is 306 g/mol. The number of fused-ring (bicyclic) bond motifs is 1. The first-order valence-electron chi connectivity index (χ1n) is 7.32. The Morgan fingerprint density at radius 1 is 1.33 bits per heavy atom. The third-order valence-electron chi connectivity index (χ3n) is 4.11. The molecule has 1 aromatic carbocycles. The topological polar surface area (TPSA) is 32.3 Å². The van der Waals surface area contributed by atoms with Crippen molar-refractivity contribution < 1.29 is 9.18 Å². The molecule has 3 rings (SSSR count). The molecule has 0 bridgehead atoms. The van der Waals surface area contributed by atoms with Crippen LogP contribution in [0.1, 0.15) is 28.9 Å². The molecule has 1 amide bonds. The fraction of sp³-hybridized carbons (Fsp3) is 0.438. The Labute approximate surface area is 127 Å². The number of hydrogen-bond acceptors (Lipinski definition) is 3. The van der Waals surface area contributed by atoms with Gasteiger partial charge in [-0.1, -0.05) is 6.07 Å². The summed E-state index contributed by atoms with van der Waals surface area (Å²) in [5.41, 5.74) is 0. The third kappa shape index (κ3) is 3.09. The summed E-state index contributed by atoms with van der Waals surface area (Å²) in [6.45, 7) is 1.99. The van der Waals surface area contributed by atoms with Gasteiger partial charge in [0.15, 0.2) is 0 Å². The quantitative estimate of drug-likeness (QED) is 0.923. The lowest BCUT2D eigenvalue weighted by molar-refractivity contribution is 0.0725. The van der Waals surface area contributed by atoms with Crippen molar-refractivity contribution in [2.75, 3.05) is 20.1 Å². The summed E-state index contributed by atoms with van der Waals surface area (Å²) in [5.74, 6) is -0.213. The van der Waals surface area contributed by atoms with Crippen LogP contribution in [-0.2, 0) is 0 Å². The monoisotopic (exact) mass is 306 g/mol. The van der Waals surface area contributed by atoms with Crippen LogP contribution in [0, 0.1) is 5.82 Å². The second-order valence-corrected chi connectivity index (χ2v) is 6.63. The van der Waals surface area contributed by atoms with Crippen LogP contribution in [-0.4, -0.2) is 37.0 Å². The molecule has 0 saturated carbocycles. The lowest BCUT2D eigenvalue weighted by Crippen LogP contribution is -2.37. The maximum atomic E-state index is 13.2. The Bertz CT molecular complexity index is 647. The molecule has 3 nitrogen and oxygen atoms in total. The Morgan fingerprint density at radius 3 is 3.05 bits per heavy atom. The molecule has 112 valence electrons. The van der Waals surface area contributed by atoms with E-state index < -0.39 is 0 Å². The molecule has 1 fully saturated rings. The highest BCUT2D eigenvalue weighted by molar-refractivity contribution is 7.20. The molecule has 1 saturated heterocycles. The van der Waals surface area contributed by atoms with Gasteiger partial charge in [-0.2, -0.15) is 0 Å². The van der Waals surface area contributed by atoms with Crippen LogP contribution in [0.2, 0.25) is 0 Å². The molecule has 2 heterocycles. The van der Waals surface area contributed by atoms with Gasteiger partial charge in [0, 0.05) is 17.8 Å². The molecule has 5 heteroatoms. The second-order valence-electron chi connectivity index (χ2n) is 5.54. The van der Waals surface area contributed by atoms with Crippen molar-refractivity contribution in [2.45, 2.75) is 25.3 Å². The Morgan fingerprint density at radius 2 is 2.19 bits per heavy atom. The smallest absolute Gasteiger partial charge is 0.263 e. The van der Waals surface area contributed by atoms with E-state index in [2.05, 4.69) is 5.32 Å². The van der Waals surface area contributed by atoms with Crippen molar-refractivity contribution >= 4 is 27.3 Å². The minimum Gasteiger partial charge on any atom is -0.338 e. The van der Waals surface area contributed by atoms with Gasteiger partial charge in [-0.3, -0.25) is 4.79 Å². The van der Waals surface area contributed by atoms with Crippen molar-refractivity contribution in [3.05, 3.63) is 35.0 Å². The number of halogens is 1. The number of amides is 1. The zero-order valence-electron chi connectivity index (χ0n) is 12.1. The van der Waals surface area contributed by atoms with E-state index in [-0.39, 0.29) is 17.8 Å². The van der Waals surface area contributed by atoms with E-state index in [0.717, 1.165) is 42.4 Å².